The fourth-order valence-corrected chi connectivity index (χ4v) is 3.96. The second-order valence-electron chi connectivity index (χ2n) is 7.78. The summed E-state index contributed by atoms with van der Waals surface area (Å²) < 4.78 is 21.8. The number of hydrogen-bond acceptors (Lipinski definition) is 6. The van der Waals surface area contributed by atoms with E-state index in [1.54, 1.807) is 24.3 Å². The van der Waals surface area contributed by atoms with Crippen LogP contribution >= 0.6 is 0 Å². The fraction of sp³-hybridized carbons (Fsp3) is 0.250. The largest absolute Gasteiger partial charge is 0.507 e. The Balaban J connectivity index is 1.69. The van der Waals surface area contributed by atoms with Gasteiger partial charge in [0.15, 0.2) is 23.0 Å². The van der Waals surface area contributed by atoms with E-state index in [4.69, 9.17) is 18.9 Å². The van der Waals surface area contributed by atoms with Crippen LogP contribution in [0.2, 0.25) is 0 Å². The molecule has 0 fully saturated rings. The predicted octanol–water partition coefficient (Wildman–Crippen LogP) is 4.86. The number of rotatable bonds is 4. The highest BCUT2D eigenvalue weighted by Crippen LogP contribution is 2.48. The maximum atomic E-state index is 10.8. The molecule has 2 aliphatic heterocycles. The Morgan fingerprint density at radius 3 is 1.47 bits per heavy atom. The Morgan fingerprint density at radius 2 is 1.03 bits per heavy atom. The van der Waals surface area contributed by atoms with Crippen molar-refractivity contribution in [2.75, 3.05) is 13.6 Å². The first-order valence-electron chi connectivity index (χ1n) is 9.86. The Kier molecular flexibility index (Phi) is 4.35. The number of phenols is 2. The molecule has 3 aromatic rings. The lowest BCUT2D eigenvalue weighted by Crippen LogP contribution is -2.05. The third-order valence-corrected chi connectivity index (χ3v) is 5.60. The van der Waals surface area contributed by atoms with Gasteiger partial charge in [0.1, 0.15) is 11.5 Å². The zero-order valence-corrected chi connectivity index (χ0v) is 16.7. The highest BCUT2D eigenvalue weighted by Gasteiger charge is 2.29. The van der Waals surface area contributed by atoms with Gasteiger partial charge in [-0.3, -0.25) is 0 Å². The van der Waals surface area contributed by atoms with Gasteiger partial charge in [0.05, 0.1) is 0 Å². The maximum absolute atomic E-state index is 10.8. The highest BCUT2D eigenvalue weighted by atomic mass is 16.7. The van der Waals surface area contributed by atoms with Gasteiger partial charge >= 0.3 is 0 Å². The molecule has 0 spiro atoms. The minimum atomic E-state index is -0.449. The Morgan fingerprint density at radius 1 is 0.633 bits per heavy atom. The standard InChI is InChI=1S/C24H22O6/c1-13(2)14-3-5-15(6-4-14)24(16-7-20-22(9-18(16)25)29-11-27-20)17-8-21-23(10-19(17)26)30-12-28-21/h3-10,13,24-26H,11-12H2,1-2H3. The second-order valence-corrected chi connectivity index (χ2v) is 7.78. The minimum absolute atomic E-state index is 0.0641. The van der Waals surface area contributed by atoms with Crippen molar-refractivity contribution in [3.63, 3.8) is 0 Å². The molecule has 6 heteroatoms. The van der Waals surface area contributed by atoms with Gasteiger partial charge in [-0.25, -0.2) is 0 Å². The molecule has 0 atom stereocenters. The van der Waals surface area contributed by atoms with E-state index < -0.39 is 5.92 Å². The first-order valence-corrected chi connectivity index (χ1v) is 9.86. The zero-order chi connectivity index (χ0) is 20.8. The summed E-state index contributed by atoms with van der Waals surface area (Å²) in [4.78, 5) is 0. The van der Waals surface area contributed by atoms with Gasteiger partial charge < -0.3 is 29.2 Å². The maximum Gasteiger partial charge on any atom is 0.231 e. The predicted molar refractivity (Wildman–Crippen MR) is 110 cm³/mol. The molecule has 2 N–H and O–H groups in total. The Bertz CT molecular complexity index is 1040. The van der Waals surface area contributed by atoms with Crippen LogP contribution in [0.1, 0.15) is 47.9 Å². The van der Waals surface area contributed by atoms with Crippen molar-refractivity contribution in [1.82, 2.24) is 0 Å². The van der Waals surface area contributed by atoms with Gasteiger partial charge in [0.2, 0.25) is 13.6 Å². The molecular weight excluding hydrogens is 384 g/mol. The summed E-state index contributed by atoms with van der Waals surface area (Å²) in [6.45, 7) is 4.50. The van der Waals surface area contributed by atoms with Crippen molar-refractivity contribution >= 4 is 0 Å². The zero-order valence-electron chi connectivity index (χ0n) is 16.7. The molecule has 0 aliphatic carbocycles. The molecule has 6 nitrogen and oxygen atoms in total. The smallest absolute Gasteiger partial charge is 0.231 e. The lowest BCUT2D eigenvalue weighted by Gasteiger charge is -2.22. The molecular formula is C24H22O6. The number of phenolic OH excluding ortho intramolecular Hbond substituents is 2. The molecule has 0 aromatic heterocycles. The molecule has 0 amide bonds. The number of ether oxygens (including phenoxy) is 4. The first-order chi connectivity index (χ1) is 14.5. The van der Waals surface area contributed by atoms with Gasteiger partial charge in [0.25, 0.3) is 0 Å². The van der Waals surface area contributed by atoms with E-state index in [0.29, 0.717) is 40.0 Å². The fourth-order valence-electron chi connectivity index (χ4n) is 3.96. The topological polar surface area (TPSA) is 77.4 Å². The van der Waals surface area contributed by atoms with Crippen molar-refractivity contribution in [3.8, 4) is 34.5 Å². The number of hydrogen-bond donors (Lipinski definition) is 2. The minimum Gasteiger partial charge on any atom is -0.507 e. The van der Waals surface area contributed by atoms with Crippen LogP contribution in [0.15, 0.2) is 48.5 Å². The first kappa shape index (κ1) is 18.5. The summed E-state index contributed by atoms with van der Waals surface area (Å²) in [5, 5.41) is 21.6. The van der Waals surface area contributed by atoms with E-state index in [-0.39, 0.29) is 25.1 Å². The lowest BCUT2D eigenvalue weighted by molar-refractivity contribution is 0.173. The van der Waals surface area contributed by atoms with Gasteiger partial charge in [-0.1, -0.05) is 38.1 Å². The van der Waals surface area contributed by atoms with Crippen LogP contribution in [-0.4, -0.2) is 23.8 Å². The van der Waals surface area contributed by atoms with Crippen LogP contribution in [0.4, 0.5) is 0 Å². The second kappa shape index (κ2) is 7.06. The van der Waals surface area contributed by atoms with Gasteiger partial charge in [0, 0.05) is 29.2 Å². The van der Waals surface area contributed by atoms with Crippen LogP contribution in [0.3, 0.4) is 0 Å². The molecule has 0 saturated heterocycles. The van der Waals surface area contributed by atoms with Crippen LogP contribution in [0.5, 0.6) is 34.5 Å². The summed E-state index contributed by atoms with van der Waals surface area (Å²) in [5.41, 5.74) is 3.33. The Labute approximate surface area is 174 Å². The lowest BCUT2D eigenvalue weighted by atomic mass is 9.83. The van der Waals surface area contributed by atoms with Crippen molar-refractivity contribution in [2.45, 2.75) is 25.7 Å². The van der Waals surface area contributed by atoms with Crippen molar-refractivity contribution in [2.24, 2.45) is 0 Å². The van der Waals surface area contributed by atoms with Crippen LogP contribution in [-0.2, 0) is 0 Å². The van der Waals surface area contributed by atoms with Gasteiger partial charge in [-0.2, -0.15) is 0 Å². The summed E-state index contributed by atoms with van der Waals surface area (Å²) in [5.74, 6) is 2.20. The SMILES string of the molecule is CC(C)c1ccc(C(c2cc3c(cc2O)OCO3)c2cc3c(cc2O)OCO3)cc1. The Hall–Kier alpha value is -3.54. The molecule has 0 bridgehead atoms. The third kappa shape index (κ3) is 3.05. The molecule has 5 rings (SSSR count). The monoisotopic (exact) mass is 406 g/mol. The average Bonchev–Trinajstić information content (AvgIpc) is 3.37. The van der Waals surface area contributed by atoms with Crippen molar-refractivity contribution < 1.29 is 29.2 Å². The highest BCUT2D eigenvalue weighted by molar-refractivity contribution is 5.61. The van der Waals surface area contributed by atoms with Gasteiger partial charge in [-0.05, 0) is 29.2 Å². The quantitative estimate of drug-likeness (QED) is 0.603. The van der Waals surface area contributed by atoms with Crippen LogP contribution in [0, 0.1) is 0 Å². The van der Waals surface area contributed by atoms with E-state index in [1.807, 2.05) is 12.1 Å². The van der Waals surface area contributed by atoms with E-state index in [2.05, 4.69) is 26.0 Å². The van der Waals surface area contributed by atoms with Crippen molar-refractivity contribution in [1.29, 1.82) is 0 Å². The third-order valence-electron chi connectivity index (χ3n) is 5.60. The molecule has 3 aromatic carbocycles. The van der Waals surface area contributed by atoms with Crippen LogP contribution in [0.25, 0.3) is 0 Å². The van der Waals surface area contributed by atoms with E-state index in [0.717, 1.165) is 5.56 Å². The number of benzene rings is 3. The number of fused-ring (bicyclic) bond motifs is 2. The van der Waals surface area contributed by atoms with Crippen molar-refractivity contribution in [3.05, 3.63) is 70.8 Å². The molecule has 2 aliphatic rings. The van der Waals surface area contributed by atoms with Gasteiger partial charge in [-0.15, -0.1) is 0 Å². The molecule has 0 saturated carbocycles. The average molecular weight is 406 g/mol. The summed E-state index contributed by atoms with van der Waals surface area (Å²) in [7, 11) is 0. The van der Waals surface area contributed by atoms with E-state index in [1.165, 1.54) is 5.56 Å². The molecule has 0 unspecified atom stereocenters. The normalized spacial score (nSPS) is 14.0. The van der Waals surface area contributed by atoms with Crippen LogP contribution < -0.4 is 18.9 Å². The molecule has 0 radical (unpaired) electrons. The molecule has 30 heavy (non-hydrogen) atoms. The summed E-state index contributed by atoms with van der Waals surface area (Å²) >= 11 is 0. The number of aromatic hydroxyl groups is 2. The summed E-state index contributed by atoms with van der Waals surface area (Å²) in [6.07, 6.45) is 0. The van der Waals surface area contributed by atoms with E-state index >= 15 is 0 Å². The molecule has 2 heterocycles. The summed E-state index contributed by atoms with van der Waals surface area (Å²) in [6, 6.07) is 14.8. The van der Waals surface area contributed by atoms with E-state index in [9.17, 15) is 10.2 Å². The molecule has 154 valence electrons.